The Bertz CT molecular complexity index is 1420. The third-order valence-corrected chi connectivity index (χ3v) is 15.3. The molecule has 7 N–H and O–H groups in total. The Morgan fingerprint density at radius 1 is 0.981 bits per heavy atom. The zero-order chi connectivity index (χ0) is 38.4. The van der Waals surface area contributed by atoms with Crippen LogP contribution in [0.15, 0.2) is 11.6 Å². The molecule has 0 radical (unpaired) electrons. The fraction of sp³-hybridized carbons (Fsp3) is 0.900. The molecule has 0 aromatic heterocycles. The Hall–Kier alpha value is -1.36. The van der Waals surface area contributed by atoms with Gasteiger partial charge in [-0.25, -0.2) is 0 Å². The van der Waals surface area contributed by atoms with Crippen LogP contribution in [0.1, 0.15) is 92.4 Å². The molecular weight excluding hydrogens is 688 g/mol. The number of aliphatic hydroxyl groups excluding tert-OH is 7. The molecule has 0 spiro atoms. The quantitative estimate of drug-likeness (QED) is 0.149. The van der Waals surface area contributed by atoms with Gasteiger partial charge in [-0.15, -0.1) is 0 Å². The largest absolute Gasteiger partial charge is 0.396 e. The number of carbonyl (C=O) groups is 2. The van der Waals surface area contributed by atoms with E-state index in [1.165, 1.54) is 5.57 Å². The summed E-state index contributed by atoms with van der Waals surface area (Å²) >= 11 is 0. The second-order valence-corrected chi connectivity index (χ2v) is 18.3. The second kappa shape index (κ2) is 14.5. The molecule has 2 heterocycles. The van der Waals surface area contributed by atoms with Crippen LogP contribution in [-0.4, -0.2) is 128 Å². The van der Waals surface area contributed by atoms with Crippen LogP contribution in [-0.2, 0) is 28.5 Å². The second-order valence-electron chi connectivity index (χ2n) is 18.3. The van der Waals surface area contributed by atoms with Crippen molar-refractivity contribution in [3.8, 4) is 0 Å². The van der Waals surface area contributed by atoms with Gasteiger partial charge in [0.25, 0.3) is 0 Å². The first-order valence-electron chi connectivity index (χ1n) is 20.1. The van der Waals surface area contributed by atoms with Crippen LogP contribution in [0.3, 0.4) is 0 Å². The van der Waals surface area contributed by atoms with E-state index in [9.17, 15) is 45.3 Å². The predicted molar refractivity (Wildman–Crippen MR) is 188 cm³/mol. The van der Waals surface area contributed by atoms with E-state index >= 15 is 0 Å². The van der Waals surface area contributed by atoms with Crippen molar-refractivity contribution in [3.63, 3.8) is 0 Å². The van der Waals surface area contributed by atoms with E-state index in [0.717, 1.165) is 25.7 Å². The monoisotopic (exact) mass is 750 g/mol. The molecule has 2 saturated heterocycles. The molecule has 5 aliphatic carbocycles. The number of hydrogen-bond donors (Lipinski definition) is 7. The molecule has 0 bridgehead atoms. The molecule has 7 rings (SSSR count). The Balaban J connectivity index is 1.05. The van der Waals surface area contributed by atoms with Gasteiger partial charge in [-0.1, -0.05) is 39.3 Å². The number of carbonyl (C=O) groups excluding carboxylic acids is 2. The smallest absolute Gasteiger partial charge is 0.204 e. The fourth-order valence-corrected chi connectivity index (χ4v) is 12.0. The van der Waals surface area contributed by atoms with Crippen LogP contribution in [0, 0.1) is 52.3 Å². The van der Waals surface area contributed by atoms with Crippen molar-refractivity contribution in [3.05, 3.63) is 11.6 Å². The van der Waals surface area contributed by atoms with Crippen LogP contribution in [0.25, 0.3) is 0 Å². The summed E-state index contributed by atoms with van der Waals surface area (Å²) < 4.78 is 24.6. The Labute approximate surface area is 312 Å². The lowest BCUT2D eigenvalue weighted by molar-refractivity contribution is -0.366. The molecule has 11 unspecified atom stereocenters. The van der Waals surface area contributed by atoms with Crippen LogP contribution < -0.4 is 0 Å². The lowest BCUT2D eigenvalue weighted by Crippen LogP contribution is -2.63. The van der Waals surface area contributed by atoms with Crippen LogP contribution in [0.4, 0.5) is 0 Å². The summed E-state index contributed by atoms with van der Waals surface area (Å²) in [6.07, 6.45) is -3.26. The summed E-state index contributed by atoms with van der Waals surface area (Å²) in [5.74, 6) is -2.02. The van der Waals surface area contributed by atoms with E-state index in [0.29, 0.717) is 43.9 Å². The summed E-state index contributed by atoms with van der Waals surface area (Å²) in [5, 5.41) is 73.1. The van der Waals surface area contributed by atoms with Crippen molar-refractivity contribution >= 4 is 11.6 Å². The third kappa shape index (κ3) is 6.42. The molecule has 300 valence electrons. The van der Waals surface area contributed by atoms with Crippen molar-refractivity contribution in [2.75, 3.05) is 13.2 Å². The zero-order valence-electron chi connectivity index (χ0n) is 31.8. The van der Waals surface area contributed by atoms with Gasteiger partial charge in [0.15, 0.2) is 6.29 Å². The molecular formula is C40H62O13. The first-order valence-corrected chi connectivity index (χ1v) is 20.1. The van der Waals surface area contributed by atoms with Crippen molar-refractivity contribution in [1.29, 1.82) is 0 Å². The topological polar surface area (TPSA) is 213 Å². The van der Waals surface area contributed by atoms with Gasteiger partial charge in [-0.2, -0.15) is 0 Å². The number of ketones is 2. The molecule has 0 aromatic carbocycles. The van der Waals surface area contributed by atoms with Gasteiger partial charge in [0.1, 0.15) is 48.2 Å². The van der Waals surface area contributed by atoms with Crippen LogP contribution in [0.2, 0.25) is 0 Å². The lowest BCUT2D eigenvalue weighted by atomic mass is 9.47. The average Bonchev–Trinajstić information content (AvgIpc) is 3.59. The van der Waals surface area contributed by atoms with Gasteiger partial charge in [0, 0.05) is 31.3 Å². The Kier molecular flexibility index (Phi) is 10.9. The molecule has 0 aromatic rings. The SMILES string of the molecule is CC1OC2(OC3C(OC4CC[C@@]5(C)C(=CC[C@@H]6[C@@H]5CC[C@]5(C)C([C@H](C)C(=O)CC[C@@H](C)CO)C(=O)C[C@@H]65)C4)OC(CO)[C@@H](O)C3O)C(O)C2C(O)[C@H]1O. The van der Waals surface area contributed by atoms with Crippen molar-refractivity contribution in [1.82, 2.24) is 0 Å². The van der Waals surface area contributed by atoms with Crippen molar-refractivity contribution in [2.45, 2.75) is 159 Å². The van der Waals surface area contributed by atoms with Gasteiger partial charge in [0.2, 0.25) is 5.79 Å². The molecule has 7 aliphatic rings. The van der Waals surface area contributed by atoms with E-state index in [1.54, 1.807) is 6.92 Å². The first kappa shape index (κ1) is 39.9. The highest BCUT2D eigenvalue weighted by atomic mass is 16.8. The summed E-state index contributed by atoms with van der Waals surface area (Å²) in [4.78, 5) is 27.1. The minimum absolute atomic E-state index is 0.0494. The minimum Gasteiger partial charge on any atom is -0.396 e. The molecule has 20 atom stereocenters. The van der Waals surface area contributed by atoms with E-state index in [2.05, 4.69) is 19.9 Å². The van der Waals surface area contributed by atoms with E-state index in [1.807, 2.05) is 13.8 Å². The molecule has 2 aliphatic heterocycles. The maximum absolute atomic E-state index is 13.7. The maximum Gasteiger partial charge on any atom is 0.204 e. The number of Topliss-reactive ketones (excluding diaryl/α,β-unsaturated/α-hetero) is 2. The molecule has 53 heavy (non-hydrogen) atoms. The van der Waals surface area contributed by atoms with Gasteiger partial charge >= 0.3 is 0 Å². The fourth-order valence-electron chi connectivity index (χ4n) is 12.0. The number of hydrogen-bond acceptors (Lipinski definition) is 13. The third-order valence-electron chi connectivity index (χ3n) is 15.3. The molecule has 6 fully saturated rings. The van der Waals surface area contributed by atoms with E-state index < -0.39 is 73.4 Å². The average molecular weight is 751 g/mol. The van der Waals surface area contributed by atoms with Crippen molar-refractivity contribution in [2.24, 2.45) is 52.3 Å². The first-order chi connectivity index (χ1) is 25.0. The van der Waals surface area contributed by atoms with Gasteiger partial charge < -0.3 is 54.7 Å². The summed E-state index contributed by atoms with van der Waals surface area (Å²) in [6, 6.07) is 0. The number of rotatable bonds is 11. The molecule has 0 amide bonds. The molecule has 13 nitrogen and oxygen atoms in total. The van der Waals surface area contributed by atoms with E-state index in [-0.39, 0.29) is 58.8 Å². The molecule has 4 saturated carbocycles. The highest BCUT2D eigenvalue weighted by molar-refractivity contribution is 5.92. The standard InChI is InChI=1S/C40H62O13/c1-18(16-41)6-9-26(43)19(2)29-27(44)15-25-23-8-7-21-14-22(10-12-38(21,4)24(23)11-13-39(25,29)5)50-37-35(34(48)32(46)28(17-42)51-37)53-40-30(36(40)49)33(47)31(45)20(3)52-40/h7,18-20,22-25,28-37,41-42,45-49H,6,8-17H2,1-5H3/t18-,19-,20?,22?,23-,24+,25+,28?,29?,30?,31+,32-,33?,34?,35?,36?,37?,38+,39+,40?/m1/s1. The number of fused-ring (bicyclic) bond motifs is 6. The van der Waals surface area contributed by atoms with E-state index in [4.69, 9.17) is 18.9 Å². The van der Waals surface area contributed by atoms with Crippen LogP contribution >= 0.6 is 0 Å². The lowest BCUT2D eigenvalue weighted by Gasteiger charge is -2.58. The van der Waals surface area contributed by atoms with Gasteiger partial charge in [-0.3, -0.25) is 9.59 Å². The van der Waals surface area contributed by atoms with Crippen molar-refractivity contribution < 1.29 is 64.3 Å². The number of allylic oxidation sites excluding steroid dienone is 1. The van der Waals surface area contributed by atoms with Gasteiger partial charge in [-0.05, 0) is 86.4 Å². The maximum atomic E-state index is 13.7. The summed E-state index contributed by atoms with van der Waals surface area (Å²) in [5.41, 5.74) is 0.945. The highest BCUT2D eigenvalue weighted by Gasteiger charge is 2.76. The number of ether oxygens (including phenoxy) is 4. The number of aliphatic hydroxyl groups is 7. The van der Waals surface area contributed by atoms with Crippen LogP contribution in [0.5, 0.6) is 0 Å². The zero-order valence-corrected chi connectivity index (χ0v) is 31.8. The Morgan fingerprint density at radius 2 is 1.72 bits per heavy atom. The Morgan fingerprint density at radius 3 is 2.42 bits per heavy atom. The normalized spacial score (nSPS) is 51.7. The highest BCUT2D eigenvalue weighted by Crippen LogP contribution is 2.67. The van der Waals surface area contributed by atoms with Gasteiger partial charge in [0.05, 0.1) is 30.8 Å². The summed E-state index contributed by atoms with van der Waals surface area (Å²) in [7, 11) is 0. The minimum atomic E-state index is -1.73. The molecule has 13 heteroatoms. The predicted octanol–water partition coefficient (Wildman–Crippen LogP) is 1.40. The summed E-state index contributed by atoms with van der Waals surface area (Å²) in [6.45, 7) is 9.46.